The number of likely N-dealkylation sites (N-methyl/N-ethyl adjacent to an activating group) is 2. The lowest BCUT2D eigenvalue weighted by Crippen LogP contribution is -2.38. The molecule has 0 aliphatic carbocycles. The molecule has 5 heteroatoms. The van der Waals surface area contributed by atoms with Gasteiger partial charge in [0.2, 0.25) is 5.91 Å². The minimum atomic E-state index is -0.281. The number of halogens is 1. The zero-order valence-electron chi connectivity index (χ0n) is 14.3. The van der Waals surface area contributed by atoms with Crippen LogP contribution in [0.15, 0.2) is 48.5 Å². The van der Waals surface area contributed by atoms with Gasteiger partial charge in [0.15, 0.2) is 0 Å². The Morgan fingerprint density at radius 2 is 1.88 bits per heavy atom. The summed E-state index contributed by atoms with van der Waals surface area (Å²) in [6.45, 7) is 3.41. The average Bonchev–Trinajstić information content (AvgIpc) is 2.60. The molecule has 0 bridgehead atoms. The van der Waals surface area contributed by atoms with Gasteiger partial charge in [-0.05, 0) is 48.9 Å². The fourth-order valence-electron chi connectivity index (χ4n) is 2.45. The third-order valence-corrected chi connectivity index (χ3v) is 3.88. The molecule has 0 spiro atoms. The van der Waals surface area contributed by atoms with Gasteiger partial charge >= 0.3 is 0 Å². The molecule has 0 aliphatic rings. The second-order valence-electron chi connectivity index (χ2n) is 5.59. The summed E-state index contributed by atoms with van der Waals surface area (Å²) in [5.41, 5.74) is 1.84. The molecule has 24 heavy (non-hydrogen) atoms. The number of anilines is 1. The van der Waals surface area contributed by atoms with E-state index in [0.29, 0.717) is 13.1 Å². The standard InChI is InChI=1S/C19H23FN2O2/c1-4-22(17-10-8-16(20)9-11-17)14-19(23)21(2)13-15-6-5-7-18(12-15)24-3/h5-12H,4,13-14H2,1-3H3. The van der Waals surface area contributed by atoms with Crippen molar-refractivity contribution < 1.29 is 13.9 Å². The van der Waals surface area contributed by atoms with Crippen LogP contribution in [0.2, 0.25) is 0 Å². The maximum absolute atomic E-state index is 13.0. The maximum atomic E-state index is 13.0. The molecule has 2 aromatic carbocycles. The Kier molecular flexibility index (Phi) is 6.18. The van der Waals surface area contributed by atoms with E-state index < -0.39 is 0 Å². The summed E-state index contributed by atoms with van der Waals surface area (Å²) in [7, 11) is 3.40. The fourth-order valence-corrected chi connectivity index (χ4v) is 2.45. The summed E-state index contributed by atoms with van der Waals surface area (Å²) in [4.78, 5) is 16.1. The molecule has 1 amide bonds. The van der Waals surface area contributed by atoms with Crippen molar-refractivity contribution in [3.05, 3.63) is 59.9 Å². The van der Waals surface area contributed by atoms with Gasteiger partial charge in [0.1, 0.15) is 11.6 Å². The molecule has 0 aromatic heterocycles. The third kappa shape index (κ3) is 4.72. The smallest absolute Gasteiger partial charge is 0.242 e. The van der Waals surface area contributed by atoms with Gasteiger partial charge in [0, 0.05) is 25.8 Å². The molecule has 0 heterocycles. The van der Waals surface area contributed by atoms with Gasteiger partial charge in [-0.1, -0.05) is 12.1 Å². The van der Waals surface area contributed by atoms with E-state index in [0.717, 1.165) is 17.0 Å². The highest BCUT2D eigenvalue weighted by atomic mass is 19.1. The summed E-state index contributed by atoms with van der Waals surface area (Å²) < 4.78 is 18.2. The Balaban J connectivity index is 2.00. The quantitative estimate of drug-likeness (QED) is 0.781. The Labute approximate surface area is 142 Å². The molecule has 0 N–H and O–H groups in total. The average molecular weight is 330 g/mol. The van der Waals surface area contributed by atoms with Gasteiger partial charge in [-0.2, -0.15) is 0 Å². The highest BCUT2D eigenvalue weighted by molar-refractivity contribution is 5.81. The highest BCUT2D eigenvalue weighted by Crippen LogP contribution is 2.16. The van der Waals surface area contributed by atoms with Crippen molar-refractivity contribution >= 4 is 11.6 Å². The Morgan fingerprint density at radius 1 is 1.17 bits per heavy atom. The van der Waals surface area contributed by atoms with Crippen molar-refractivity contribution in [2.75, 3.05) is 32.1 Å². The maximum Gasteiger partial charge on any atom is 0.242 e. The van der Waals surface area contributed by atoms with Crippen LogP contribution in [0.25, 0.3) is 0 Å². The van der Waals surface area contributed by atoms with Crippen molar-refractivity contribution in [3.8, 4) is 5.75 Å². The lowest BCUT2D eigenvalue weighted by Gasteiger charge is -2.26. The number of hydrogen-bond acceptors (Lipinski definition) is 3. The first kappa shape index (κ1) is 17.8. The molecule has 0 aliphatic heterocycles. The molecule has 0 saturated carbocycles. The van der Waals surface area contributed by atoms with Crippen LogP contribution in [-0.4, -0.2) is 38.1 Å². The number of hydrogen-bond donors (Lipinski definition) is 0. The lowest BCUT2D eigenvalue weighted by atomic mass is 10.2. The van der Waals surface area contributed by atoms with Crippen molar-refractivity contribution in [1.29, 1.82) is 0 Å². The minimum Gasteiger partial charge on any atom is -0.497 e. The van der Waals surface area contributed by atoms with Crippen LogP contribution >= 0.6 is 0 Å². The minimum absolute atomic E-state index is 0.00370. The van der Waals surface area contributed by atoms with Gasteiger partial charge < -0.3 is 14.5 Å². The number of ether oxygens (including phenoxy) is 1. The number of carbonyl (C=O) groups is 1. The molecule has 2 aromatic rings. The summed E-state index contributed by atoms with van der Waals surface area (Å²) >= 11 is 0. The number of nitrogens with zero attached hydrogens (tertiary/aromatic N) is 2. The number of benzene rings is 2. The van der Waals surface area contributed by atoms with E-state index in [2.05, 4.69) is 0 Å². The van der Waals surface area contributed by atoms with Crippen molar-refractivity contribution in [3.63, 3.8) is 0 Å². The van der Waals surface area contributed by atoms with Gasteiger partial charge in [-0.15, -0.1) is 0 Å². The SMILES string of the molecule is CCN(CC(=O)N(C)Cc1cccc(OC)c1)c1ccc(F)cc1. The Hall–Kier alpha value is -2.56. The van der Waals surface area contributed by atoms with Crippen LogP contribution in [0.4, 0.5) is 10.1 Å². The Morgan fingerprint density at radius 3 is 2.50 bits per heavy atom. The van der Waals surface area contributed by atoms with Crippen LogP contribution < -0.4 is 9.64 Å². The number of methoxy groups -OCH3 is 1. The predicted molar refractivity (Wildman–Crippen MR) is 93.8 cm³/mol. The van der Waals surface area contributed by atoms with Crippen LogP contribution in [0.3, 0.4) is 0 Å². The van der Waals surface area contributed by atoms with Gasteiger partial charge in [0.05, 0.1) is 13.7 Å². The fraction of sp³-hybridized carbons (Fsp3) is 0.316. The molecule has 0 radical (unpaired) electrons. The molecule has 0 fully saturated rings. The lowest BCUT2D eigenvalue weighted by molar-refractivity contribution is -0.128. The van der Waals surface area contributed by atoms with E-state index in [1.165, 1.54) is 12.1 Å². The molecule has 0 atom stereocenters. The summed E-state index contributed by atoms with van der Waals surface area (Å²) in [5, 5.41) is 0. The number of amides is 1. The zero-order chi connectivity index (χ0) is 17.5. The van der Waals surface area contributed by atoms with E-state index in [4.69, 9.17) is 4.74 Å². The predicted octanol–water partition coefficient (Wildman–Crippen LogP) is 3.32. The molecule has 0 unspecified atom stereocenters. The van der Waals surface area contributed by atoms with Crippen molar-refractivity contribution in [1.82, 2.24) is 4.90 Å². The summed E-state index contributed by atoms with van der Waals surface area (Å²) in [5.74, 6) is 0.495. The molecule has 128 valence electrons. The monoisotopic (exact) mass is 330 g/mol. The van der Waals surface area contributed by atoms with Crippen LogP contribution in [0.5, 0.6) is 5.75 Å². The molecule has 4 nitrogen and oxygen atoms in total. The first-order valence-corrected chi connectivity index (χ1v) is 7.91. The highest BCUT2D eigenvalue weighted by Gasteiger charge is 2.14. The summed E-state index contributed by atoms with van der Waals surface area (Å²) in [6.07, 6.45) is 0. The molecule has 2 rings (SSSR count). The van der Waals surface area contributed by atoms with Crippen molar-refractivity contribution in [2.45, 2.75) is 13.5 Å². The first-order valence-electron chi connectivity index (χ1n) is 7.91. The molecular weight excluding hydrogens is 307 g/mol. The summed E-state index contributed by atoms with van der Waals surface area (Å²) in [6, 6.07) is 13.8. The van der Waals surface area contributed by atoms with Gasteiger partial charge in [0.25, 0.3) is 0 Å². The topological polar surface area (TPSA) is 32.8 Å². The zero-order valence-corrected chi connectivity index (χ0v) is 14.3. The molecule has 0 saturated heterocycles. The number of carbonyl (C=O) groups excluding carboxylic acids is 1. The van der Waals surface area contributed by atoms with E-state index in [-0.39, 0.29) is 18.3 Å². The van der Waals surface area contributed by atoms with E-state index in [9.17, 15) is 9.18 Å². The first-order chi connectivity index (χ1) is 11.5. The third-order valence-electron chi connectivity index (χ3n) is 3.88. The second-order valence-corrected chi connectivity index (χ2v) is 5.59. The van der Waals surface area contributed by atoms with Crippen molar-refractivity contribution in [2.24, 2.45) is 0 Å². The van der Waals surface area contributed by atoms with Gasteiger partial charge in [-0.25, -0.2) is 4.39 Å². The van der Waals surface area contributed by atoms with Crippen LogP contribution in [0.1, 0.15) is 12.5 Å². The normalized spacial score (nSPS) is 10.3. The van der Waals surface area contributed by atoms with E-state index >= 15 is 0 Å². The largest absolute Gasteiger partial charge is 0.497 e. The number of rotatable bonds is 7. The second kappa shape index (κ2) is 8.34. The van der Waals surface area contributed by atoms with E-state index in [1.54, 1.807) is 31.2 Å². The van der Waals surface area contributed by atoms with Crippen LogP contribution in [0, 0.1) is 5.82 Å². The van der Waals surface area contributed by atoms with E-state index in [1.807, 2.05) is 36.1 Å². The Bertz CT molecular complexity index is 673. The van der Waals surface area contributed by atoms with Crippen LogP contribution in [-0.2, 0) is 11.3 Å². The van der Waals surface area contributed by atoms with Gasteiger partial charge in [-0.3, -0.25) is 4.79 Å². The molecular formula is C19H23FN2O2.